The second-order valence-electron chi connectivity index (χ2n) is 13.1. The van der Waals surface area contributed by atoms with Crippen LogP contribution in [0.15, 0.2) is 65.6 Å². The number of ether oxygens (including phenoxy) is 2. The number of aliphatic hydroxyl groups excluding tert-OH is 1. The van der Waals surface area contributed by atoms with Gasteiger partial charge in [0.2, 0.25) is 5.91 Å². The summed E-state index contributed by atoms with van der Waals surface area (Å²) in [7, 11) is -1.54. The first-order chi connectivity index (χ1) is 21.9. The predicted molar refractivity (Wildman–Crippen MR) is 177 cm³/mol. The van der Waals surface area contributed by atoms with Crippen LogP contribution in [-0.2, 0) is 26.5 Å². The summed E-state index contributed by atoms with van der Waals surface area (Å²) in [4.78, 5) is 56.2. The van der Waals surface area contributed by atoms with Gasteiger partial charge in [0, 0.05) is 40.5 Å². The standard InChI is InChI=1S/C34H40ClN3O7Si/c1-21-31(46(3,4)43)29(18-30(40)36-14-6-10-25(36)20-39)45-34(21)26-17-23(35)12-13-27(26)38(33(34)42)19-22-8-5-9-24(16-22)37-15-7-11-28(44-2)32(37)41/h5,7-9,11-13,15-17,21,25,29,31,39,43H,6,10,14,18-20H2,1-4H3/t21-,25+,29+,31-,34+/m1/s1. The van der Waals surface area contributed by atoms with E-state index in [9.17, 15) is 24.3 Å². The van der Waals surface area contributed by atoms with E-state index in [0.29, 0.717) is 28.5 Å². The highest BCUT2D eigenvalue weighted by molar-refractivity contribution is 6.71. The molecule has 0 unspecified atom stereocenters. The van der Waals surface area contributed by atoms with E-state index in [1.165, 1.54) is 11.7 Å². The fraction of sp³-hybridized carbons (Fsp3) is 0.441. The lowest BCUT2D eigenvalue weighted by Crippen LogP contribution is -2.46. The lowest BCUT2D eigenvalue weighted by molar-refractivity contribution is -0.150. The van der Waals surface area contributed by atoms with Crippen molar-refractivity contribution >= 4 is 37.4 Å². The van der Waals surface area contributed by atoms with Gasteiger partial charge >= 0.3 is 0 Å². The summed E-state index contributed by atoms with van der Waals surface area (Å²) in [5.41, 5.74) is 0.496. The minimum absolute atomic E-state index is 0.00472. The number of halogens is 1. The van der Waals surface area contributed by atoms with Crippen molar-refractivity contribution in [2.75, 3.05) is 25.2 Å². The predicted octanol–water partition coefficient (Wildman–Crippen LogP) is 4.22. The van der Waals surface area contributed by atoms with Crippen molar-refractivity contribution in [2.24, 2.45) is 5.92 Å². The van der Waals surface area contributed by atoms with Crippen LogP contribution < -0.4 is 15.2 Å². The molecule has 5 atom stereocenters. The second kappa shape index (κ2) is 12.3. The van der Waals surface area contributed by atoms with Crippen LogP contribution in [-0.4, -0.2) is 71.9 Å². The topological polar surface area (TPSA) is 122 Å². The Morgan fingerprint density at radius 1 is 1.15 bits per heavy atom. The average Bonchev–Trinajstić information content (AvgIpc) is 3.68. The Bertz CT molecular complexity index is 1730. The number of likely N-dealkylation sites (tertiary alicyclic amines) is 1. The molecule has 2 fully saturated rings. The van der Waals surface area contributed by atoms with Gasteiger partial charge in [-0.25, -0.2) is 0 Å². The number of nitrogens with zero attached hydrogens (tertiary/aromatic N) is 3. The van der Waals surface area contributed by atoms with Crippen LogP contribution in [0.5, 0.6) is 5.75 Å². The van der Waals surface area contributed by atoms with Crippen molar-refractivity contribution in [3.8, 4) is 11.4 Å². The second-order valence-corrected chi connectivity index (χ2v) is 17.5. The van der Waals surface area contributed by atoms with Gasteiger partial charge in [0.1, 0.15) is 0 Å². The summed E-state index contributed by atoms with van der Waals surface area (Å²) >= 11 is 6.53. The number of pyridine rings is 1. The fourth-order valence-electron chi connectivity index (χ4n) is 7.87. The molecule has 12 heteroatoms. The Hall–Kier alpha value is -3.48. The van der Waals surface area contributed by atoms with E-state index in [4.69, 9.17) is 21.1 Å². The number of benzene rings is 2. The zero-order chi connectivity index (χ0) is 33.0. The lowest BCUT2D eigenvalue weighted by Gasteiger charge is -2.32. The molecule has 0 bridgehead atoms. The summed E-state index contributed by atoms with van der Waals surface area (Å²) < 4.78 is 13.5. The number of aliphatic hydroxyl groups is 1. The van der Waals surface area contributed by atoms with E-state index < -0.39 is 31.5 Å². The van der Waals surface area contributed by atoms with E-state index in [1.54, 1.807) is 40.3 Å². The van der Waals surface area contributed by atoms with Gasteiger partial charge in [-0.3, -0.25) is 19.0 Å². The van der Waals surface area contributed by atoms with Gasteiger partial charge in [-0.2, -0.15) is 0 Å². The molecule has 4 heterocycles. The number of anilines is 1. The Morgan fingerprint density at radius 3 is 2.65 bits per heavy atom. The number of carbonyl (C=O) groups excluding carboxylic acids is 2. The minimum atomic E-state index is -2.99. The molecule has 3 aliphatic rings. The van der Waals surface area contributed by atoms with Gasteiger partial charge in [-0.15, -0.1) is 0 Å². The van der Waals surface area contributed by atoms with Crippen molar-refractivity contribution in [1.82, 2.24) is 9.47 Å². The third-order valence-electron chi connectivity index (χ3n) is 9.89. The van der Waals surface area contributed by atoms with Gasteiger partial charge in [0.15, 0.2) is 19.7 Å². The molecule has 2 saturated heterocycles. The van der Waals surface area contributed by atoms with Gasteiger partial charge in [-0.05, 0) is 74.0 Å². The quantitative estimate of drug-likeness (QED) is 0.346. The SMILES string of the molecule is COc1cccn(-c2cccc(CN3C(=O)[C@@]4(O[C@@H](CC(=O)N5CCC[C@H]5CO)[C@H]([Si](C)(C)O)[C@H]4C)c4cc(Cl)ccc43)c2)c1=O. The Labute approximate surface area is 274 Å². The van der Waals surface area contributed by atoms with Crippen LogP contribution in [0.25, 0.3) is 5.69 Å². The highest BCUT2D eigenvalue weighted by Gasteiger charge is 2.66. The zero-order valence-electron chi connectivity index (χ0n) is 26.5. The van der Waals surface area contributed by atoms with Crippen LogP contribution in [0.1, 0.15) is 37.3 Å². The molecule has 3 aliphatic heterocycles. The fourth-order valence-corrected chi connectivity index (χ4v) is 10.6. The van der Waals surface area contributed by atoms with Gasteiger partial charge < -0.3 is 29.2 Å². The first-order valence-electron chi connectivity index (χ1n) is 15.7. The lowest BCUT2D eigenvalue weighted by atomic mass is 9.82. The molecule has 1 aromatic heterocycles. The molecule has 2 aromatic carbocycles. The van der Waals surface area contributed by atoms with Gasteiger partial charge in [0.05, 0.1) is 44.5 Å². The highest BCUT2D eigenvalue weighted by Crippen LogP contribution is 2.60. The smallest absolute Gasteiger partial charge is 0.297 e. The first-order valence-corrected chi connectivity index (χ1v) is 19.1. The van der Waals surface area contributed by atoms with Gasteiger partial charge in [0.25, 0.3) is 11.5 Å². The van der Waals surface area contributed by atoms with Crippen molar-refractivity contribution in [3.63, 3.8) is 0 Å². The Morgan fingerprint density at radius 2 is 1.93 bits per heavy atom. The molecule has 2 amide bonds. The highest BCUT2D eigenvalue weighted by atomic mass is 35.5. The molecule has 0 saturated carbocycles. The summed E-state index contributed by atoms with van der Waals surface area (Å²) in [5.74, 6) is -0.668. The van der Waals surface area contributed by atoms with Crippen LogP contribution in [0.4, 0.5) is 5.69 Å². The third-order valence-corrected chi connectivity index (χ3v) is 12.6. The normalized spacial score (nSPS) is 25.8. The number of carbonyl (C=O) groups is 2. The molecule has 10 nitrogen and oxygen atoms in total. The largest absolute Gasteiger partial charge is 0.491 e. The van der Waals surface area contributed by atoms with Crippen LogP contribution in [0.2, 0.25) is 23.7 Å². The first kappa shape index (κ1) is 32.5. The van der Waals surface area contributed by atoms with E-state index in [0.717, 1.165) is 18.4 Å². The zero-order valence-corrected chi connectivity index (χ0v) is 28.2. The van der Waals surface area contributed by atoms with E-state index in [2.05, 4.69) is 0 Å². The molecule has 0 radical (unpaired) electrons. The average molecular weight is 666 g/mol. The number of rotatable bonds is 8. The summed E-state index contributed by atoms with van der Waals surface area (Å²) in [5, 5.41) is 10.3. The van der Waals surface area contributed by atoms with E-state index in [1.807, 2.05) is 50.3 Å². The summed E-state index contributed by atoms with van der Waals surface area (Å²) in [6.07, 6.45) is 2.53. The van der Waals surface area contributed by atoms with E-state index >= 15 is 0 Å². The maximum Gasteiger partial charge on any atom is 0.297 e. The number of hydrogen-bond acceptors (Lipinski definition) is 7. The van der Waals surface area contributed by atoms with Crippen molar-refractivity contribution in [1.29, 1.82) is 0 Å². The third kappa shape index (κ3) is 5.37. The summed E-state index contributed by atoms with van der Waals surface area (Å²) in [6.45, 7) is 6.22. The molecule has 3 aromatic rings. The minimum Gasteiger partial charge on any atom is -0.491 e. The molecule has 2 N–H and O–H groups in total. The van der Waals surface area contributed by atoms with E-state index in [-0.39, 0.29) is 48.7 Å². The number of methoxy groups -OCH3 is 1. The molecule has 1 spiro atoms. The molecule has 0 aliphatic carbocycles. The molecular formula is C34H40ClN3O7Si. The number of fused-ring (bicyclic) bond motifs is 2. The van der Waals surface area contributed by atoms with Crippen LogP contribution in [0, 0.1) is 5.92 Å². The molecule has 6 rings (SSSR count). The van der Waals surface area contributed by atoms with Crippen LogP contribution in [0.3, 0.4) is 0 Å². The number of aromatic nitrogens is 1. The molecule has 244 valence electrons. The summed E-state index contributed by atoms with van der Waals surface area (Å²) in [6, 6.07) is 15.8. The van der Waals surface area contributed by atoms with Crippen molar-refractivity contribution in [2.45, 2.75) is 69.1 Å². The monoisotopic (exact) mass is 665 g/mol. The van der Waals surface area contributed by atoms with Gasteiger partial charge in [-0.1, -0.05) is 30.7 Å². The molecule has 46 heavy (non-hydrogen) atoms. The van der Waals surface area contributed by atoms with Crippen molar-refractivity contribution in [3.05, 3.63) is 87.3 Å². The number of amides is 2. The Balaban J connectivity index is 1.37. The maximum absolute atomic E-state index is 14.8. The molecular weight excluding hydrogens is 626 g/mol. The Kier molecular flexibility index (Phi) is 8.66. The van der Waals surface area contributed by atoms with Crippen LogP contribution >= 0.6 is 11.6 Å². The van der Waals surface area contributed by atoms with Crippen molar-refractivity contribution < 1.29 is 29.0 Å². The number of hydrogen-bond donors (Lipinski definition) is 2. The maximum atomic E-state index is 14.8.